The highest BCUT2D eigenvalue weighted by Crippen LogP contribution is 2.37. The fourth-order valence-corrected chi connectivity index (χ4v) is 4.04. The van der Waals surface area contributed by atoms with Crippen molar-refractivity contribution in [3.63, 3.8) is 0 Å². The van der Waals surface area contributed by atoms with Crippen molar-refractivity contribution in [3.8, 4) is 11.1 Å². The van der Waals surface area contributed by atoms with Crippen molar-refractivity contribution in [3.05, 3.63) is 71.0 Å². The predicted octanol–water partition coefficient (Wildman–Crippen LogP) is 5.47. The Morgan fingerprint density at radius 1 is 1.03 bits per heavy atom. The molecule has 168 valence electrons. The number of aromatic amines is 1. The van der Waals surface area contributed by atoms with Crippen molar-refractivity contribution in [2.75, 3.05) is 43.1 Å². The lowest BCUT2D eigenvalue weighted by Crippen LogP contribution is -2.47. The van der Waals surface area contributed by atoms with Gasteiger partial charge < -0.3 is 19.5 Å². The van der Waals surface area contributed by atoms with Gasteiger partial charge in [0.25, 0.3) is 0 Å². The molecule has 0 saturated carbocycles. The van der Waals surface area contributed by atoms with Crippen LogP contribution in [0, 0.1) is 0 Å². The van der Waals surface area contributed by atoms with Crippen LogP contribution in [0.4, 0.5) is 24.5 Å². The van der Waals surface area contributed by atoms with Gasteiger partial charge in [-0.15, -0.1) is 0 Å². The normalized spacial score (nSPS) is 14.5. The van der Waals surface area contributed by atoms with E-state index in [4.69, 9.17) is 16.3 Å². The van der Waals surface area contributed by atoms with E-state index in [1.165, 1.54) is 19.2 Å². The van der Waals surface area contributed by atoms with Crippen LogP contribution in [0.25, 0.3) is 11.1 Å². The highest BCUT2D eigenvalue weighted by atomic mass is 35.5. The van der Waals surface area contributed by atoms with Gasteiger partial charge in [0.2, 0.25) is 0 Å². The van der Waals surface area contributed by atoms with Crippen LogP contribution in [-0.4, -0.2) is 44.2 Å². The third kappa shape index (κ3) is 4.41. The van der Waals surface area contributed by atoms with Gasteiger partial charge in [-0.2, -0.15) is 13.2 Å². The van der Waals surface area contributed by atoms with Crippen molar-refractivity contribution >= 4 is 28.9 Å². The number of hydrogen-bond acceptors (Lipinski definition) is 4. The molecule has 32 heavy (non-hydrogen) atoms. The number of carbonyl (C=O) groups is 1. The summed E-state index contributed by atoms with van der Waals surface area (Å²) >= 11 is 6.01. The van der Waals surface area contributed by atoms with Gasteiger partial charge in [-0.25, -0.2) is 4.79 Å². The number of aromatic nitrogens is 1. The van der Waals surface area contributed by atoms with E-state index < -0.39 is 17.7 Å². The molecule has 0 aliphatic carbocycles. The van der Waals surface area contributed by atoms with Crippen molar-refractivity contribution in [2.45, 2.75) is 6.18 Å². The van der Waals surface area contributed by atoms with Gasteiger partial charge in [-0.05, 0) is 35.9 Å². The molecule has 1 fully saturated rings. The number of alkyl halides is 3. The van der Waals surface area contributed by atoms with Crippen LogP contribution in [0.2, 0.25) is 5.02 Å². The zero-order valence-electron chi connectivity index (χ0n) is 17.2. The Hall–Kier alpha value is -3.13. The molecule has 0 spiro atoms. The molecule has 4 rings (SSSR count). The molecular formula is C23H21ClF3N3O2. The third-order valence-corrected chi connectivity index (χ3v) is 5.78. The van der Waals surface area contributed by atoms with Gasteiger partial charge in [0.1, 0.15) is 5.69 Å². The number of benzene rings is 2. The maximum atomic E-state index is 13.1. The van der Waals surface area contributed by atoms with E-state index in [-0.39, 0.29) is 0 Å². The standard InChI is InChI=1S/C23H21ClF3N3O2/c1-32-22(31)20-21(19(14-28-20)15-5-7-17(24)8-6-15)30-11-9-29(10-12-30)18-4-2-3-16(13-18)23(25,26)27/h2-8,13-14,28H,9-12H2,1H3. The molecule has 0 unspecified atom stereocenters. The first-order chi connectivity index (χ1) is 15.3. The molecule has 1 aliphatic rings. The lowest BCUT2D eigenvalue weighted by molar-refractivity contribution is -0.137. The quantitative estimate of drug-likeness (QED) is 0.521. The van der Waals surface area contributed by atoms with Gasteiger partial charge in [0, 0.05) is 48.6 Å². The van der Waals surface area contributed by atoms with Gasteiger partial charge in [0.05, 0.1) is 18.4 Å². The molecule has 3 aromatic rings. The molecule has 1 aromatic heterocycles. The predicted molar refractivity (Wildman–Crippen MR) is 118 cm³/mol. The summed E-state index contributed by atoms with van der Waals surface area (Å²) in [6.07, 6.45) is -2.63. The number of carbonyl (C=O) groups excluding carboxylic acids is 1. The molecule has 0 radical (unpaired) electrons. The van der Waals surface area contributed by atoms with E-state index in [1.54, 1.807) is 24.4 Å². The monoisotopic (exact) mass is 463 g/mol. The van der Waals surface area contributed by atoms with Crippen LogP contribution in [-0.2, 0) is 10.9 Å². The number of rotatable bonds is 4. The minimum atomic E-state index is -4.38. The fourth-order valence-electron chi connectivity index (χ4n) is 3.92. The summed E-state index contributed by atoms with van der Waals surface area (Å²) in [5.74, 6) is -0.486. The second kappa shape index (κ2) is 8.78. The van der Waals surface area contributed by atoms with Crippen molar-refractivity contribution in [1.82, 2.24) is 4.98 Å². The molecule has 2 aromatic carbocycles. The Bertz CT molecular complexity index is 1100. The van der Waals surface area contributed by atoms with Gasteiger partial charge in [-0.1, -0.05) is 29.8 Å². The van der Waals surface area contributed by atoms with Gasteiger partial charge in [0.15, 0.2) is 0 Å². The van der Waals surface area contributed by atoms with Crippen LogP contribution < -0.4 is 9.80 Å². The number of hydrogen-bond donors (Lipinski definition) is 1. The largest absolute Gasteiger partial charge is 0.464 e. The number of methoxy groups -OCH3 is 1. The average molecular weight is 464 g/mol. The number of halogens is 4. The first-order valence-corrected chi connectivity index (χ1v) is 10.4. The SMILES string of the molecule is COC(=O)c1[nH]cc(-c2ccc(Cl)cc2)c1N1CCN(c2cccc(C(F)(F)F)c2)CC1. The molecule has 0 atom stereocenters. The van der Waals surface area contributed by atoms with E-state index in [0.717, 1.165) is 17.2 Å². The van der Waals surface area contributed by atoms with Crippen LogP contribution in [0.5, 0.6) is 0 Å². The zero-order valence-corrected chi connectivity index (χ0v) is 18.0. The van der Waals surface area contributed by atoms with Gasteiger partial charge in [-0.3, -0.25) is 0 Å². The van der Waals surface area contributed by atoms with Crippen LogP contribution in [0.1, 0.15) is 16.1 Å². The van der Waals surface area contributed by atoms with Crippen molar-refractivity contribution in [1.29, 1.82) is 0 Å². The molecule has 1 aliphatic heterocycles. The van der Waals surface area contributed by atoms with E-state index in [1.807, 2.05) is 17.0 Å². The minimum Gasteiger partial charge on any atom is -0.464 e. The first kappa shape index (κ1) is 22.1. The van der Waals surface area contributed by atoms with Crippen LogP contribution in [0.3, 0.4) is 0 Å². The zero-order chi connectivity index (χ0) is 22.9. The molecular weight excluding hydrogens is 443 g/mol. The Kier molecular flexibility index (Phi) is 6.06. The van der Waals surface area contributed by atoms with E-state index in [2.05, 4.69) is 9.88 Å². The minimum absolute atomic E-state index is 0.338. The molecule has 2 heterocycles. The topological polar surface area (TPSA) is 48.6 Å². The highest BCUT2D eigenvalue weighted by Gasteiger charge is 2.32. The summed E-state index contributed by atoms with van der Waals surface area (Å²) < 4.78 is 44.2. The average Bonchev–Trinajstić information content (AvgIpc) is 3.24. The smallest absolute Gasteiger partial charge is 0.416 e. The fraction of sp³-hybridized carbons (Fsp3) is 0.261. The van der Waals surface area contributed by atoms with Gasteiger partial charge >= 0.3 is 12.1 Å². The third-order valence-electron chi connectivity index (χ3n) is 5.53. The van der Waals surface area contributed by atoms with E-state index in [0.29, 0.717) is 48.3 Å². The number of anilines is 2. The molecule has 5 nitrogen and oxygen atoms in total. The van der Waals surface area contributed by atoms with E-state index >= 15 is 0 Å². The second-order valence-corrected chi connectivity index (χ2v) is 7.88. The molecule has 9 heteroatoms. The summed E-state index contributed by atoms with van der Waals surface area (Å²) in [7, 11) is 1.32. The summed E-state index contributed by atoms with van der Waals surface area (Å²) in [6, 6.07) is 12.6. The molecule has 1 N–H and O–H groups in total. The molecule has 0 amide bonds. The summed E-state index contributed by atoms with van der Waals surface area (Å²) in [5, 5.41) is 0.605. The lowest BCUT2D eigenvalue weighted by Gasteiger charge is -2.38. The molecule has 0 bridgehead atoms. The highest BCUT2D eigenvalue weighted by molar-refractivity contribution is 6.30. The Morgan fingerprint density at radius 2 is 1.69 bits per heavy atom. The molecule has 1 saturated heterocycles. The summed E-state index contributed by atoms with van der Waals surface area (Å²) in [4.78, 5) is 19.4. The maximum absolute atomic E-state index is 13.1. The Morgan fingerprint density at radius 3 is 2.31 bits per heavy atom. The van der Waals surface area contributed by atoms with E-state index in [9.17, 15) is 18.0 Å². The van der Waals surface area contributed by atoms with Crippen LogP contribution >= 0.6 is 11.6 Å². The maximum Gasteiger partial charge on any atom is 0.416 e. The lowest BCUT2D eigenvalue weighted by atomic mass is 10.1. The number of ether oxygens (including phenoxy) is 1. The number of esters is 1. The summed E-state index contributed by atoms with van der Waals surface area (Å²) in [5.41, 5.74) is 2.62. The number of nitrogens with zero attached hydrogens (tertiary/aromatic N) is 2. The van der Waals surface area contributed by atoms with Crippen molar-refractivity contribution in [2.24, 2.45) is 0 Å². The number of piperazine rings is 1. The number of nitrogens with one attached hydrogen (secondary N) is 1. The number of H-pyrrole nitrogens is 1. The Balaban J connectivity index is 1.60. The second-order valence-electron chi connectivity index (χ2n) is 7.45. The Labute approximate surface area is 188 Å². The van der Waals surface area contributed by atoms with Crippen LogP contribution in [0.15, 0.2) is 54.7 Å². The van der Waals surface area contributed by atoms with Crippen molar-refractivity contribution < 1.29 is 22.7 Å². The first-order valence-electron chi connectivity index (χ1n) is 10.0. The summed E-state index contributed by atoms with van der Waals surface area (Å²) in [6.45, 7) is 2.07.